The van der Waals surface area contributed by atoms with Gasteiger partial charge in [-0.3, -0.25) is 4.79 Å². The second-order valence-electron chi connectivity index (χ2n) is 5.03. The van der Waals surface area contributed by atoms with E-state index in [1.165, 1.54) is 0 Å². The Hall–Kier alpha value is -1.75. The molecule has 0 saturated carbocycles. The molecular weight excluding hydrogens is 258 g/mol. The summed E-state index contributed by atoms with van der Waals surface area (Å²) in [6.07, 6.45) is 3.04. The largest absolute Gasteiger partial charge is 0.490 e. The highest BCUT2D eigenvalue weighted by molar-refractivity contribution is 5.97. The zero-order valence-corrected chi connectivity index (χ0v) is 11.4. The highest BCUT2D eigenvalue weighted by atomic mass is 16.5. The van der Waals surface area contributed by atoms with Crippen molar-refractivity contribution in [2.45, 2.75) is 25.4 Å². The molecule has 1 aromatic carbocycles. The van der Waals surface area contributed by atoms with Crippen molar-refractivity contribution in [3.05, 3.63) is 23.8 Å². The van der Waals surface area contributed by atoms with E-state index in [9.17, 15) is 4.79 Å². The van der Waals surface area contributed by atoms with E-state index in [-0.39, 0.29) is 12.0 Å². The molecule has 2 heterocycles. The van der Waals surface area contributed by atoms with Gasteiger partial charge in [0.05, 0.1) is 24.9 Å². The van der Waals surface area contributed by atoms with E-state index < -0.39 is 0 Å². The van der Waals surface area contributed by atoms with E-state index >= 15 is 0 Å². The summed E-state index contributed by atoms with van der Waals surface area (Å²) >= 11 is 0. The predicted octanol–water partition coefficient (Wildman–Crippen LogP) is 1.76. The quantitative estimate of drug-likeness (QED) is 0.914. The van der Waals surface area contributed by atoms with Gasteiger partial charge >= 0.3 is 0 Å². The third-order valence-electron chi connectivity index (χ3n) is 3.53. The van der Waals surface area contributed by atoms with Gasteiger partial charge in [0.1, 0.15) is 0 Å². The van der Waals surface area contributed by atoms with Crippen molar-refractivity contribution < 1.29 is 19.0 Å². The second kappa shape index (κ2) is 6.13. The molecule has 1 fully saturated rings. The summed E-state index contributed by atoms with van der Waals surface area (Å²) in [4.78, 5) is 12.3. The molecule has 1 aromatic rings. The highest BCUT2D eigenvalue weighted by Gasteiger charge is 2.21. The summed E-state index contributed by atoms with van der Waals surface area (Å²) < 4.78 is 16.7. The third-order valence-corrected chi connectivity index (χ3v) is 3.53. The molecule has 0 bridgehead atoms. The number of amides is 1. The zero-order valence-electron chi connectivity index (χ0n) is 11.4. The maximum absolute atomic E-state index is 12.3. The molecule has 0 aromatic heterocycles. The minimum absolute atomic E-state index is 0.136. The van der Waals surface area contributed by atoms with Crippen LogP contribution >= 0.6 is 0 Å². The number of carbonyl (C=O) groups excluding carboxylic acids is 1. The minimum Gasteiger partial charge on any atom is -0.490 e. The normalized spacial score (nSPS) is 21.3. The number of para-hydroxylation sites is 1. The number of rotatable bonds is 3. The van der Waals surface area contributed by atoms with Gasteiger partial charge in [-0.1, -0.05) is 6.07 Å². The van der Waals surface area contributed by atoms with Gasteiger partial charge in [-0.15, -0.1) is 0 Å². The summed E-state index contributed by atoms with van der Waals surface area (Å²) in [5.41, 5.74) is 0.530. The monoisotopic (exact) mass is 277 g/mol. The molecule has 2 aliphatic rings. The number of hydrogen-bond acceptors (Lipinski definition) is 4. The van der Waals surface area contributed by atoms with Gasteiger partial charge in [-0.05, 0) is 25.0 Å². The highest BCUT2D eigenvalue weighted by Crippen LogP contribution is 2.33. The Morgan fingerprint density at radius 2 is 2.10 bits per heavy atom. The molecule has 1 saturated heterocycles. The Balaban J connectivity index is 1.70. The zero-order chi connectivity index (χ0) is 13.8. The van der Waals surface area contributed by atoms with Crippen molar-refractivity contribution in [1.29, 1.82) is 0 Å². The molecule has 5 nitrogen and oxygen atoms in total. The maximum atomic E-state index is 12.3. The van der Waals surface area contributed by atoms with Crippen molar-refractivity contribution in [2.24, 2.45) is 0 Å². The molecular formula is C15H19NO4. The van der Waals surface area contributed by atoms with Crippen molar-refractivity contribution in [2.75, 3.05) is 26.4 Å². The number of carbonyl (C=O) groups is 1. The Morgan fingerprint density at radius 1 is 1.20 bits per heavy atom. The summed E-state index contributed by atoms with van der Waals surface area (Å²) in [5, 5.41) is 2.91. The van der Waals surface area contributed by atoms with Gasteiger partial charge in [-0.25, -0.2) is 0 Å². The van der Waals surface area contributed by atoms with E-state index in [0.717, 1.165) is 25.9 Å². The van der Waals surface area contributed by atoms with Gasteiger partial charge in [0.15, 0.2) is 11.5 Å². The molecule has 0 spiro atoms. The van der Waals surface area contributed by atoms with Crippen LogP contribution in [0, 0.1) is 0 Å². The number of nitrogens with one attached hydrogen (secondary N) is 1. The lowest BCUT2D eigenvalue weighted by Gasteiger charge is -2.14. The topological polar surface area (TPSA) is 56.8 Å². The Morgan fingerprint density at radius 3 is 2.95 bits per heavy atom. The molecule has 108 valence electrons. The Kier molecular flexibility index (Phi) is 4.06. The molecule has 0 unspecified atom stereocenters. The van der Waals surface area contributed by atoms with Crippen LogP contribution < -0.4 is 14.8 Å². The lowest BCUT2D eigenvalue weighted by Crippen LogP contribution is -2.32. The molecule has 1 atom stereocenters. The van der Waals surface area contributed by atoms with Crippen LogP contribution in [0.1, 0.15) is 29.6 Å². The number of hydrogen-bond donors (Lipinski definition) is 1. The summed E-state index contributed by atoms with van der Waals surface area (Å²) in [6.45, 7) is 2.53. The van der Waals surface area contributed by atoms with E-state index in [1.807, 2.05) is 12.1 Å². The molecule has 5 heteroatoms. The van der Waals surface area contributed by atoms with Gasteiger partial charge in [-0.2, -0.15) is 0 Å². The average Bonchev–Trinajstić information content (AvgIpc) is 2.87. The average molecular weight is 277 g/mol. The van der Waals surface area contributed by atoms with Crippen molar-refractivity contribution in [1.82, 2.24) is 5.32 Å². The lowest BCUT2D eigenvalue weighted by atomic mass is 10.1. The molecule has 0 aliphatic carbocycles. The number of ether oxygens (including phenoxy) is 3. The van der Waals surface area contributed by atoms with Gasteiger partial charge in [0.2, 0.25) is 0 Å². The van der Waals surface area contributed by atoms with Gasteiger partial charge in [0, 0.05) is 19.6 Å². The van der Waals surface area contributed by atoms with Crippen LogP contribution in [0.15, 0.2) is 18.2 Å². The van der Waals surface area contributed by atoms with Crippen LogP contribution in [0.5, 0.6) is 11.5 Å². The van der Waals surface area contributed by atoms with Crippen LogP contribution in [0.25, 0.3) is 0 Å². The SMILES string of the molecule is O=C(NC[C@@H]1CCCO1)c1cccc2c1OCCCO2. The summed E-state index contributed by atoms with van der Waals surface area (Å²) in [6, 6.07) is 5.41. The van der Waals surface area contributed by atoms with Crippen molar-refractivity contribution in [3.8, 4) is 11.5 Å². The predicted molar refractivity (Wildman–Crippen MR) is 73.4 cm³/mol. The van der Waals surface area contributed by atoms with Crippen LogP contribution in [-0.2, 0) is 4.74 Å². The standard InChI is InChI=1S/C15H19NO4/c17-15(16-10-11-4-2-7-18-11)12-5-1-6-13-14(12)20-9-3-8-19-13/h1,5-6,11H,2-4,7-10H2,(H,16,17)/t11-/m0/s1. The molecule has 20 heavy (non-hydrogen) atoms. The van der Waals surface area contributed by atoms with E-state index in [1.54, 1.807) is 6.07 Å². The fourth-order valence-electron chi connectivity index (χ4n) is 2.48. The Labute approximate surface area is 118 Å². The third kappa shape index (κ3) is 2.88. The number of fused-ring (bicyclic) bond motifs is 1. The second-order valence-corrected chi connectivity index (χ2v) is 5.03. The molecule has 0 radical (unpaired) electrons. The van der Waals surface area contributed by atoms with E-state index in [0.29, 0.717) is 36.8 Å². The lowest BCUT2D eigenvalue weighted by molar-refractivity contribution is 0.0854. The fraction of sp³-hybridized carbons (Fsp3) is 0.533. The van der Waals surface area contributed by atoms with Crippen molar-refractivity contribution >= 4 is 5.91 Å². The van der Waals surface area contributed by atoms with Gasteiger partial charge in [0.25, 0.3) is 5.91 Å². The van der Waals surface area contributed by atoms with E-state index in [4.69, 9.17) is 14.2 Å². The van der Waals surface area contributed by atoms with Crippen LogP contribution in [-0.4, -0.2) is 38.4 Å². The van der Waals surface area contributed by atoms with Crippen LogP contribution in [0.4, 0.5) is 0 Å². The molecule has 1 amide bonds. The number of benzene rings is 1. The minimum atomic E-state index is -0.136. The van der Waals surface area contributed by atoms with Crippen LogP contribution in [0.3, 0.4) is 0 Å². The van der Waals surface area contributed by atoms with Crippen molar-refractivity contribution in [3.63, 3.8) is 0 Å². The smallest absolute Gasteiger partial charge is 0.255 e. The fourth-order valence-corrected chi connectivity index (χ4v) is 2.48. The maximum Gasteiger partial charge on any atom is 0.255 e. The Bertz CT molecular complexity index is 483. The van der Waals surface area contributed by atoms with Crippen LogP contribution in [0.2, 0.25) is 0 Å². The molecule has 3 rings (SSSR count). The molecule has 2 aliphatic heterocycles. The first-order valence-electron chi connectivity index (χ1n) is 7.13. The summed E-state index contributed by atoms with van der Waals surface area (Å²) in [7, 11) is 0. The first-order valence-corrected chi connectivity index (χ1v) is 7.13. The first-order chi connectivity index (χ1) is 9.84. The summed E-state index contributed by atoms with van der Waals surface area (Å²) in [5.74, 6) is 1.06. The van der Waals surface area contributed by atoms with Gasteiger partial charge < -0.3 is 19.5 Å². The first kappa shape index (κ1) is 13.2. The molecule has 1 N–H and O–H groups in total. The van der Waals surface area contributed by atoms with E-state index in [2.05, 4.69) is 5.32 Å².